The highest BCUT2D eigenvalue weighted by molar-refractivity contribution is 5.96. The van der Waals surface area contributed by atoms with Gasteiger partial charge in [-0.25, -0.2) is 4.79 Å². The number of nitro benzene ring substituents is 1. The molecule has 0 radical (unpaired) electrons. The highest BCUT2D eigenvalue weighted by Crippen LogP contribution is 2.25. The quantitative estimate of drug-likeness (QED) is 0.482. The van der Waals surface area contributed by atoms with Gasteiger partial charge in [0.2, 0.25) is 0 Å². The fraction of sp³-hybridized carbons (Fsp3) is 0.188. The Bertz CT molecular complexity index is 684. The summed E-state index contributed by atoms with van der Waals surface area (Å²) in [6.07, 6.45) is 0. The Kier molecular flexibility index (Phi) is 4.73. The number of ether oxygens (including phenoxy) is 1. The highest BCUT2D eigenvalue weighted by atomic mass is 16.6. The Balaban J connectivity index is 2.23. The number of carbonyl (C=O) groups is 1. The number of nitro groups is 1. The van der Waals surface area contributed by atoms with Crippen LogP contribution in [0.3, 0.4) is 0 Å². The summed E-state index contributed by atoms with van der Waals surface area (Å²) in [5.74, 6) is -0.587. The van der Waals surface area contributed by atoms with Gasteiger partial charge >= 0.3 is 5.97 Å². The molecule has 22 heavy (non-hydrogen) atoms. The fourth-order valence-electron chi connectivity index (χ4n) is 1.99. The van der Waals surface area contributed by atoms with Crippen LogP contribution in [-0.2, 0) is 11.3 Å². The van der Waals surface area contributed by atoms with Crippen LogP contribution in [0.2, 0.25) is 0 Å². The molecule has 0 saturated heterocycles. The summed E-state index contributed by atoms with van der Waals surface area (Å²) in [5, 5.41) is 10.9. The van der Waals surface area contributed by atoms with Crippen molar-refractivity contribution in [2.45, 2.75) is 6.61 Å². The largest absolute Gasteiger partial charge is 0.457 e. The summed E-state index contributed by atoms with van der Waals surface area (Å²) < 4.78 is 5.25. The Morgan fingerprint density at radius 3 is 2.45 bits per heavy atom. The first-order chi connectivity index (χ1) is 10.5. The minimum absolute atomic E-state index is 0.120. The van der Waals surface area contributed by atoms with Gasteiger partial charge < -0.3 is 9.64 Å². The number of rotatable bonds is 5. The lowest BCUT2D eigenvalue weighted by Crippen LogP contribution is -2.15. The molecule has 0 aliphatic carbocycles. The van der Waals surface area contributed by atoms with Crippen LogP contribution in [0.5, 0.6) is 0 Å². The molecule has 0 aliphatic rings. The van der Waals surface area contributed by atoms with Gasteiger partial charge in [0.1, 0.15) is 6.61 Å². The van der Waals surface area contributed by atoms with Crippen molar-refractivity contribution in [3.63, 3.8) is 0 Å². The third-order valence-electron chi connectivity index (χ3n) is 3.11. The highest BCUT2D eigenvalue weighted by Gasteiger charge is 2.19. The maximum absolute atomic E-state index is 12.2. The zero-order chi connectivity index (χ0) is 16.1. The van der Waals surface area contributed by atoms with Crippen molar-refractivity contribution in [2.24, 2.45) is 0 Å². The second-order valence-electron chi connectivity index (χ2n) is 4.91. The molecule has 0 N–H and O–H groups in total. The maximum atomic E-state index is 12.2. The topological polar surface area (TPSA) is 72.7 Å². The number of hydrogen-bond acceptors (Lipinski definition) is 5. The average Bonchev–Trinajstić information content (AvgIpc) is 2.52. The van der Waals surface area contributed by atoms with Crippen molar-refractivity contribution in [2.75, 3.05) is 19.0 Å². The predicted octanol–water partition coefficient (Wildman–Crippen LogP) is 3.02. The van der Waals surface area contributed by atoms with E-state index in [4.69, 9.17) is 4.74 Å². The standard InChI is InChI=1S/C16H16N2O4/c1-17(2)15-9-8-13(18(20)21)10-14(15)16(19)22-11-12-6-4-3-5-7-12/h3-10H,11H2,1-2H3. The van der Waals surface area contributed by atoms with E-state index in [1.807, 2.05) is 30.3 Å². The van der Waals surface area contributed by atoms with Crippen LogP contribution < -0.4 is 4.90 Å². The smallest absolute Gasteiger partial charge is 0.340 e. The lowest BCUT2D eigenvalue weighted by molar-refractivity contribution is -0.384. The van der Waals surface area contributed by atoms with Gasteiger partial charge in [-0.2, -0.15) is 0 Å². The molecule has 0 heterocycles. The summed E-state index contributed by atoms with van der Waals surface area (Å²) >= 11 is 0. The Labute approximate surface area is 128 Å². The first-order valence-electron chi connectivity index (χ1n) is 6.66. The van der Waals surface area contributed by atoms with Crippen LogP contribution in [0, 0.1) is 10.1 Å². The van der Waals surface area contributed by atoms with Crippen LogP contribution in [0.15, 0.2) is 48.5 Å². The van der Waals surface area contributed by atoms with E-state index in [1.54, 1.807) is 19.0 Å². The van der Waals surface area contributed by atoms with E-state index in [-0.39, 0.29) is 17.9 Å². The molecule has 2 rings (SSSR count). The van der Waals surface area contributed by atoms with Gasteiger partial charge in [0, 0.05) is 26.2 Å². The monoisotopic (exact) mass is 300 g/mol. The number of nitrogens with zero attached hydrogens (tertiary/aromatic N) is 2. The lowest BCUT2D eigenvalue weighted by atomic mass is 10.1. The molecule has 114 valence electrons. The Morgan fingerprint density at radius 1 is 1.18 bits per heavy atom. The van der Waals surface area contributed by atoms with E-state index in [2.05, 4.69) is 0 Å². The van der Waals surface area contributed by atoms with E-state index in [0.29, 0.717) is 5.69 Å². The molecule has 0 aromatic heterocycles. The molecule has 0 atom stereocenters. The van der Waals surface area contributed by atoms with E-state index in [0.717, 1.165) is 5.56 Å². The van der Waals surface area contributed by atoms with Crippen LogP contribution >= 0.6 is 0 Å². The second kappa shape index (κ2) is 6.71. The third-order valence-corrected chi connectivity index (χ3v) is 3.11. The van der Waals surface area contributed by atoms with Crippen LogP contribution in [0.25, 0.3) is 0 Å². The fourth-order valence-corrected chi connectivity index (χ4v) is 1.99. The second-order valence-corrected chi connectivity index (χ2v) is 4.91. The van der Waals surface area contributed by atoms with Gasteiger partial charge in [-0.3, -0.25) is 10.1 Å². The van der Waals surface area contributed by atoms with Gasteiger partial charge in [0.25, 0.3) is 5.69 Å². The van der Waals surface area contributed by atoms with Gasteiger partial charge in [0.05, 0.1) is 16.2 Å². The average molecular weight is 300 g/mol. The van der Waals surface area contributed by atoms with Crippen molar-refractivity contribution in [1.29, 1.82) is 0 Å². The van der Waals surface area contributed by atoms with Gasteiger partial charge in [-0.15, -0.1) is 0 Å². The van der Waals surface area contributed by atoms with Gasteiger partial charge in [-0.05, 0) is 11.6 Å². The zero-order valence-electron chi connectivity index (χ0n) is 12.4. The normalized spacial score (nSPS) is 10.1. The molecule has 6 heteroatoms. The first-order valence-corrected chi connectivity index (χ1v) is 6.66. The third kappa shape index (κ3) is 3.60. The summed E-state index contributed by atoms with van der Waals surface area (Å²) in [4.78, 5) is 24.3. The number of benzene rings is 2. The van der Waals surface area contributed by atoms with E-state index in [9.17, 15) is 14.9 Å². The molecule has 0 bridgehead atoms. The maximum Gasteiger partial charge on any atom is 0.340 e. The molecular formula is C16H16N2O4. The van der Waals surface area contributed by atoms with Crippen molar-refractivity contribution < 1.29 is 14.5 Å². The Hall–Kier alpha value is -2.89. The summed E-state index contributed by atoms with van der Waals surface area (Å²) in [6.45, 7) is 0.120. The number of hydrogen-bond donors (Lipinski definition) is 0. The van der Waals surface area contributed by atoms with Gasteiger partial charge in [0.15, 0.2) is 0 Å². The summed E-state index contributed by atoms with van der Waals surface area (Å²) in [7, 11) is 3.52. The SMILES string of the molecule is CN(C)c1ccc([N+](=O)[O-])cc1C(=O)OCc1ccccc1. The molecule has 0 aliphatic heterocycles. The van der Waals surface area contributed by atoms with E-state index >= 15 is 0 Å². The number of carbonyl (C=O) groups excluding carboxylic acids is 1. The van der Waals surface area contributed by atoms with Crippen molar-refractivity contribution in [1.82, 2.24) is 0 Å². The molecule has 0 fully saturated rings. The number of anilines is 1. The number of non-ortho nitro benzene ring substituents is 1. The molecule has 0 saturated carbocycles. The molecule has 0 amide bonds. The summed E-state index contributed by atoms with van der Waals surface area (Å²) in [5.41, 5.74) is 1.46. The first kappa shape index (κ1) is 15.5. The molecule has 2 aromatic carbocycles. The molecule has 2 aromatic rings. The molecule has 0 unspecified atom stereocenters. The van der Waals surface area contributed by atoms with E-state index in [1.165, 1.54) is 18.2 Å². The van der Waals surface area contributed by atoms with Crippen molar-refractivity contribution in [3.8, 4) is 0 Å². The van der Waals surface area contributed by atoms with E-state index < -0.39 is 10.9 Å². The molecular weight excluding hydrogens is 284 g/mol. The van der Waals surface area contributed by atoms with Crippen LogP contribution in [0.4, 0.5) is 11.4 Å². The zero-order valence-corrected chi connectivity index (χ0v) is 12.4. The molecule has 6 nitrogen and oxygen atoms in total. The van der Waals surface area contributed by atoms with Crippen molar-refractivity contribution in [3.05, 3.63) is 69.8 Å². The van der Waals surface area contributed by atoms with Crippen LogP contribution in [0.1, 0.15) is 15.9 Å². The Morgan fingerprint density at radius 2 is 1.86 bits per heavy atom. The minimum Gasteiger partial charge on any atom is -0.457 e. The lowest BCUT2D eigenvalue weighted by Gasteiger charge is -2.16. The summed E-state index contributed by atoms with van der Waals surface area (Å²) in [6, 6.07) is 13.4. The van der Waals surface area contributed by atoms with Crippen molar-refractivity contribution >= 4 is 17.3 Å². The van der Waals surface area contributed by atoms with Crippen LogP contribution in [-0.4, -0.2) is 25.0 Å². The van der Waals surface area contributed by atoms with Gasteiger partial charge in [-0.1, -0.05) is 30.3 Å². The number of esters is 1. The molecule has 0 spiro atoms. The minimum atomic E-state index is -0.587. The predicted molar refractivity (Wildman–Crippen MR) is 83.0 cm³/mol.